The Balaban J connectivity index is 1.98. The van der Waals surface area contributed by atoms with Crippen LogP contribution in [0.25, 0.3) is 0 Å². The molecule has 1 heterocycles. The molecule has 1 aromatic rings. The van der Waals surface area contributed by atoms with Crippen LogP contribution in [0.4, 0.5) is 0 Å². The van der Waals surface area contributed by atoms with Crippen molar-refractivity contribution in [1.29, 1.82) is 0 Å². The Morgan fingerprint density at radius 2 is 2.12 bits per heavy atom. The number of hydrogen-bond donors (Lipinski definition) is 1. The average Bonchev–Trinajstić information content (AvgIpc) is 2.80. The largest absolute Gasteiger partial charge is 0.359 e. The maximum atomic E-state index is 6.04. The van der Waals surface area contributed by atoms with E-state index in [0.717, 1.165) is 30.2 Å². The van der Waals surface area contributed by atoms with Crippen LogP contribution in [0, 0.1) is 5.92 Å². The normalized spacial score (nSPS) is 27.0. The highest BCUT2D eigenvalue weighted by Gasteiger charge is 2.23. The number of nitrogens with two attached hydrogens (primary N) is 1. The third kappa shape index (κ3) is 3.09. The Kier molecular flexibility index (Phi) is 4.21. The Morgan fingerprint density at radius 3 is 2.76 bits per heavy atom. The fourth-order valence-electron chi connectivity index (χ4n) is 2.68. The van der Waals surface area contributed by atoms with Crippen LogP contribution in [-0.2, 0) is 0 Å². The smallest absolute Gasteiger partial charge is 0.153 e. The molecule has 2 N–H and O–H groups in total. The van der Waals surface area contributed by atoms with Crippen LogP contribution in [0.2, 0.25) is 0 Å². The highest BCUT2D eigenvalue weighted by molar-refractivity contribution is 5.13. The van der Waals surface area contributed by atoms with Crippen LogP contribution in [0.1, 0.15) is 75.8 Å². The zero-order chi connectivity index (χ0) is 12.3. The van der Waals surface area contributed by atoms with E-state index >= 15 is 0 Å². The van der Waals surface area contributed by atoms with Crippen molar-refractivity contribution >= 4 is 0 Å². The van der Waals surface area contributed by atoms with Crippen LogP contribution in [0.5, 0.6) is 0 Å². The van der Waals surface area contributed by atoms with E-state index in [1.165, 1.54) is 25.7 Å². The van der Waals surface area contributed by atoms with E-state index in [2.05, 4.69) is 25.1 Å². The summed E-state index contributed by atoms with van der Waals surface area (Å²) in [5.41, 5.74) is 7.16. The summed E-state index contributed by atoms with van der Waals surface area (Å²) in [6.07, 6.45) is 7.17. The summed E-state index contributed by atoms with van der Waals surface area (Å²) in [7, 11) is 0. The van der Waals surface area contributed by atoms with Gasteiger partial charge in [-0.3, -0.25) is 0 Å². The molecule has 0 saturated heterocycles. The summed E-state index contributed by atoms with van der Waals surface area (Å²) in [6, 6.07) is 2.10. The zero-order valence-electron chi connectivity index (χ0n) is 11.0. The van der Waals surface area contributed by atoms with Crippen LogP contribution in [-0.4, -0.2) is 5.16 Å². The molecule has 1 fully saturated rings. The van der Waals surface area contributed by atoms with E-state index in [0.29, 0.717) is 5.92 Å². The molecule has 0 amide bonds. The summed E-state index contributed by atoms with van der Waals surface area (Å²) in [5, 5.41) is 4.21. The lowest BCUT2D eigenvalue weighted by Gasteiger charge is -2.24. The quantitative estimate of drug-likeness (QED) is 0.865. The van der Waals surface area contributed by atoms with Gasteiger partial charge >= 0.3 is 0 Å². The van der Waals surface area contributed by atoms with E-state index in [1.807, 2.05) is 0 Å². The summed E-state index contributed by atoms with van der Waals surface area (Å²) in [6.45, 7) is 4.47. The number of nitrogens with zero attached hydrogens (tertiary/aromatic N) is 1. The van der Waals surface area contributed by atoms with Gasteiger partial charge in [0.05, 0.1) is 11.7 Å². The van der Waals surface area contributed by atoms with Crippen LogP contribution in [0.3, 0.4) is 0 Å². The number of rotatable bonds is 4. The van der Waals surface area contributed by atoms with Gasteiger partial charge in [-0.25, -0.2) is 0 Å². The maximum absolute atomic E-state index is 6.04. The van der Waals surface area contributed by atoms with Gasteiger partial charge in [0.2, 0.25) is 0 Å². The molecular formula is C14H24N2O. The minimum atomic E-state index is 0.0174. The summed E-state index contributed by atoms with van der Waals surface area (Å²) >= 11 is 0. The van der Waals surface area contributed by atoms with Crippen molar-refractivity contribution in [3.63, 3.8) is 0 Å². The minimum absolute atomic E-state index is 0.0174. The molecule has 0 aromatic carbocycles. The van der Waals surface area contributed by atoms with Crippen molar-refractivity contribution in [2.45, 2.75) is 64.3 Å². The second-order valence-electron chi connectivity index (χ2n) is 5.51. The third-order valence-electron chi connectivity index (χ3n) is 3.95. The first-order chi connectivity index (χ1) is 8.20. The van der Waals surface area contributed by atoms with Gasteiger partial charge < -0.3 is 10.3 Å². The monoisotopic (exact) mass is 236 g/mol. The summed E-state index contributed by atoms with van der Waals surface area (Å²) < 4.78 is 5.38. The van der Waals surface area contributed by atoms with Crippen molar-refractivity contribution in [2.75, 3.05) is 0 Å². The van der Waals surface area contributed by atoms with Gasteiger partial charge in [-0.1, -0.05) is 38.3 Å². The first-order valence-corrected chi connectivity index (χ1v) is 6.92. The molecule has 3 nitrogen and oxygen atoms in total. The van der Waals surface area contributed by atoms with Gasteiger partial charge in [0.15, 0.2) is 5.76 Å². The second-order valence-corrected chi connectivity index (χ2v) is 5.51. The van der Waals surface area contributed by atoms with Gasteiger partial charge in [0.25, 0.3) is 0 Å². The topological polar surface area (TPSA) is 52.0 Å². The molecule has 0 radical (unpaired) electrons. The molecule has 3 heteroatoms. The molecule has 1 aliphatic rings. The van der Waals surface area contributed by atoms with Gasteiger partial charge in [0, 0.05) is 12.0 Å². The predicted octanol–water partition coefficient (Wildman–Crippen LogP) is 3.77. The molecule has 1 aliphatic carbocycles. The van der Waals surface area contributed by atoms with E-state index < -0.39 is 0 Å². The number of hydrogen-bond acceptors (Lipinski definition) is 3. The highest BCUT2D eigenvalue weighted by Crippen LogP contribution is 2.35. The van der Waals surface area contributed by atoms with Gasteiger partial charge in [-0.15, -0.1) is 0 Å². The van der Waals surface area contributed by atoms with Crippen LogP contribution in [0.15, 0.2) is 10.6 Å². The minimum Gasteiger partial charge on any atom is -0.359 e. The predicted molar refractivity (Wildman–Crippen MR) is 68.7 cm³/mol. The van der Waals surface area contributed by atoms with E-state index in [9.17, 15) is 0 Å². The van der Waals surface area contributed by atoms with E-state index in [4.69, 9.17) is 10.3 Å². The molecule has 1 unspecified atom stereocenters. The zero-order valence-corrected chi connectivity index (χ0v) is 11.0. The van der Waals surface area contributed by atoms with Gasteiger partial charge in [0.1, 0.15) is 0 Å². The van der Waals surface area contributed by atoms with Crippen LogP contribution < -0.4 is 5.73 Å². The fourth-order valence-corrected chi connectivity index (χ4v) is 2.68. The average molecular weight is 236 g/mol. The Bertz CT molecular complexity index is 340. The Labute approximate surface area is 104 Å². The SMILES string of the molecule is CCCC(N)c1cc(C2CCC(C)CC2)no1. The fraction of sp³-hybridized carbons (Fsp3) is 0.786. The first kappa shape index (κ1) is 12.6. The lowest BCUT2D eigenvalue weighted by atomic mass is 9.81. The molecule has 1 aromatic heterocycles. The maximum Gasteiger partial charge on any atom is 0.153 e. The van der Waals surface area contributed by atoms with E-state index in [-0.39, 0.29) is 6.04 Å². The molecule has 1 atom stereocenters. The Hall–Kier alpha value is -0.830. The Morgan fingerprint density at radius 1 is 1.41 bits per heavy atom. The lowest BCUT2D eigenvalue weighted by Crippen LogP contribution is -2.11. The summed E-state index contributed by atoms with van der Waals surface area (Å²) in [5.74, 6) is 2.33. The molecule has 96 valence electrons. The molecule has 2 rings (SSSR count). The van der Waals surface area contributed by atoms with E-state index in [1.54, 1.807) is 0 Å². The van der Waals surface area contributed by atoms with Crippen molar-refractivity contribution in [1.82, 2.24) is 5.16 Å². The van der Waals surface area contributed by atoms with Crippen LogP contribution >= 0.6 is 0 Å². The highest BCUT2D eigenvalue weighted by atomic mass is 16.5. The lowest BCUT2D eigenvalue weighted by molar-refractivity contribution is 0.317. The molecule has 1 saturated carbocycles. The first-order valence-electron chi connectivity index (χ1n) is 6.92. The standard InChI is InChI=1S/C14H24N2O/c1-3-4-12(15)14-9-13(16-17-14)11-7-5-10(2)6-8-11/h9-12H,3-8,15H2,1-2H3. The van der Waals surface area contributed by atoms with Gasteiger partial charge in [-0.2, -0.15) is 0 Å². The third-order valence-corrected chi connectivity index (χ3v) is 3.95. The molecule has 0 aliphatic heterocycles. The number of aromatic nitrogens is 1. The molecule has 17 heavy (non-hydrogen) atoms. The second kappa shape index (κ2) is 5.67. The van der Waals surface area contributed by atoms with Crippen molar-refractivity contribution < 1.29 is 4.52 Å². The van der Waals surface area contributed by atoms with Crippen molar-refractivity contribution in [2.24, 2.45) is 11.7 Å². The van der Waals surface area contributed by atoms with Crippen molar-refractivity contribution in [3.8, 4) is 0 Å². The van der Waals surface area contributed by atoms with Crippen molar-refractivity contribution in [3.05, 3.63) is 17.5 Å². The van der Waals surface area contributed by atoms with Gasteiger partial charge in [-0.05, 0) is 25.2 Å². The molecular weight excluding hydrogens is 212 g/mol. The molecule has 0 spiro atoms. The summed E-state index contributed by atoms with van der Waals surface area (Å²) in [4.78, 5) is 0. The molecule has 0 bridgehead atoms.